The van der Waals surface area contributed by atoms with E-state index in [2.05, 4.69) is 5.32 Å². The molecule has 15 heavy (non-hydrogen) atoms. The zero-order chi connectivity index (χ0) is 10.7. The summed E-state index contributed by atoms with van der Waals surface area (Å²) in [6.07, 6.45) is 1.16. The van der Waals surface area contributed by atoms with Crippen LogP contribution in [0.4, 0.5) is 8.78 Å². The highest BCUT2D eigenvalue weighted by Gasteiger charge is 2.14. The second-order valence-corrected chi connectivity index (χ2v) is 4.84. The Labute approximate surface area is 92.3 Å². The molecular formula is C11H13F2NS. The molecule has 1 fully saturated rings. The summed E-state index contributed by atoms with van der Waals surface area (Å²) < 4.78 is 25.5. The normalized spacial score (nSPS) is 20.8. The maximum absolute atomic E-state index is 12.9. The first-order valence-electron chi connectivity index (χ1n) is 5.01. The monoisotopic (exact) mass is 229 g/mol. The van der Waals surface area contributed by atoms with Gasteiger partial charge >= 0.3 is 0 Å². The van der Waals surface area contributed by atoms with E-state index < -0.39 is 11.6 Å². The van der Waals surface area contributed by atoms with Crippen molar-refractivity contribution < 1.29 is 8.78 Å². The molecule has 0 saturated carbocycles. The van der Waals surface area contributed by atoms with E-state index in [0.29, 0.717) is 12.6 Å². The lowest BCUT2D eigenvalue weighted by Gasteiger charge is -2.10. The van der Waals surface area contributed by atoms with E-state index in [1.807, 2.05) is 11.8 Å². The molecule has 0 aromatic heterocycles. The van der Waals surface area contributed by atoms with Crippen LogP contribution < -0.4 is 5.32 Å². The molecule has 4 heteroatoms. The summed E-state index contributed by atoms with van der Waals surface area (Å²) in [5.41, 5.74) is 0.797. The average Bonchev–Trinajstić information content (AvgIpc) is 2.73. The maximum atomic E-state index is 12.9. The third-order valence-electron chi connectivity index (χ3n) is 2.51. The van der Waals surface area contributed by atoms with Crippen LogP contribution in [0.5, 0.6) is 0 Å². The number of benzene rings is 1. The first kappa shape index (κ1) is 10.9. The fraction of sp³-hybridized carbons (Fsp3) is 0.455. The first-order chi connectivity index (χ1) is 7.25. The van der Waals surface area contributed by atoms with Gasteiger partial charge in [0.05, 0.1) is 0 Å². The van der Waals surface area contributed by atoms with Gasteiger partial charge < -0.3 is 5.32 Å². The number of rotatable bonds is 3. The molecule has 0 spiro atoms. The Kier molecular flexibility index (Phi) is 3.59. The molecule has 1 unspecified atom stereocenters. The van der Waals surface area contributed by atoms with Crippen molar-refractivity contribution in [2.24, 2.45) is 0 Å². The van der Waals surface area contributed by atoms with Gasteiger partial charge in [0, 0.05) is 18.3 Å². The number of thioether (sulfide) groups is 1. The van der Waals surface area contributed by atoms with Gasteiger partial charge in [0.2, 0.25) is 0 Å². The molecule has 1 saturated heterocycles. The van der Waals surface area contributed by atoms with Crippen LogP contribution in [0.3, 0.4) is 0 Å². The van der Waals surface area contributed by atoms with Gasteiger partial charge in [-0.05, 0) is 29.9 Å². The summed E-state index contributed by atoms with van der Waals surface area (Å²) in [6.45, 7) is 0.614. The van der Waals surface area contributed by atoms with E-state index >= 15 is 0 Å². The topological polar surface area (TPSA) is 12.0 Å². The van der Waals surface area contributed by atoms with Crippen molar-refractivity contribution in [2.75, 3.05) is 11.5 Å². The first-order valence-corrected chi connectivity index (χ1v) is 6.16. The van der Waals surface area contributed by atoms with Crippen molar-refractivity contribution >= 4 is 11.8 Å². The molecule has 1 nitrogen and oxygen atoms in total. The Hall–Kier alpha value is -0.610. The number of hydrogen-bond donors (Lipinski definition) is 1. The predicted octanol–water partition coefficient (Wildman–Crippen LogP) is 2.56. The van der Waals surface area contributed by atoms with Gasteiger partial charge in [-0.25, -0.2) is 8.78 Å². The zero-order valence-corrected chi connectivity index (χ0v) is 9.12. The van der Waals surface area contributed by atoms with Crippen molar-refractivity contribution in [2.45, 2.75) is 19.0 Å². The summed E-state index contributed by atoms with van der Waals surface area (Å²) in [4.78, 5) is 0. The molecule has 82 valence electrons. The minimum Gasteiger partial charge on any atom is -0.309 e. The molecule has 1 N–H and O–H groups in total. The fourth-order valence-electron chi connectivity index (χ4n) is 1.61. The fourth-order valence-corrected chi connectivity index (χ4v) is 2.79. The summed E-state index contributed by atoms with van der Waals surface area (Å²) >= 11 is 1.93. The Morgan fingerprint density at radius 2 is 2.20 bits per heavy atom. The van der Waals surface area contributed by atoms with Crippen LogP contribution in [0.15, 0.2) is 18.2 Å². The van der Waals surface area contributed by atoms with Crippen LogP contribution in [0.25, 0.3) is 0 Å². The van der Waals surface area contributed by atoms with Crippen molar-refractivity contribution in [1.29, 1.82) is 0 Å². The smallest absolute Gasteiger partial charge is 0.159 e. The van der Waals surface area contributed by atoms with Gasteiger partial charge in [0.1, 0.15) is 0 Å². The van der Waals surface area contributed by atoms with Gasteiger partial charge in [0.15, 0.2) is 11.6 Å². The quantitative estimate of drug-likeness (QED) is 0.855. The Balaban J connectivity index is 1.90. The number of hydrogen-bond acceptors (Lipinski definition) is 2. The largest absolute Gasteiger partial charge is 0.309 e. The van der Waals surface area contributed by atoms with Crippen LogP contribution in [0.1, 0.15) is 12.0 Å². The van der Waals surface area contributed by atoms with Crippen LogP contribution in [0.2, 0.25) is 0 Å². The summed E-state index contributed by atoms with van der Waals surface area (Å²) in [7, 11) is 0. The molecule has 0 aliphatic carbocycles. The molecular weight excluding hydrogens is 216 g/mol. The van der Waals surface area contributed by atoms with E-state index in [4.69, 9.17) is 0 Å². The van der Waals surface area contributed by atoms with Crippen LogP contribution in [0, 0.1) is 11.6 Å². The second-order valence-electron chi connectivity index (χ2n) is 3.69. The molecule has 1 atom stereocenters. The lowest BCUT2D eigenvalue weighted by Crippen LogP contribution is -2.27. The van der Waals surface area contributed by atoms with Crippen LogP contribution in [-0.2, 0) is 6.54 Å². The minimum absolute atomic E-state index is 0.517. The van der Waals surface area contributed by atoms with Gasteiger partial charge in [-0.3, -0.25) is 0 Å². The summed E-state index contributed by atoms with van der Waals surface area (Å²) in [6, 6.07) is 4.57. The molecule has 2 rings (SSSR count). The van der Waals surface area contributed by atoms with Gasteiger partial charge in [0.25, 0.3) is 0 Å². The van der Waals surface area contributed by atoms with Crippen molar-refractivity contribution in [3.05, 3.63) is 35.4 Å². The highest BCUT2D eigenvalue weighted by molar-refractivity contribution is 7.99. The minimum atomic E-state index is -0.782. The van der Waals surface area contributed by atoms with Crippen molar-refractivity contribution in [3.63, 3.8) is 0 Å². The Morgan fingerprint density at radius 3 is 2.87 bits per heavy atom. The van der Waals surface area contributed by atoms with E-state index in [9.17, 15) is 8.78 Å². The highest BCUT2D eigenvalue weighted by atomic mass is 32.2. The average molecular weight is 229 g/mol. The van der Waals surface area contributed by atoms with Crippen molar-refractivity contribution in [1.82, 2.24) is 5.32 Å². The van der Waals surface area contributed by atoms with Crippen molar-refractivity contribution in [3.8, 4) is 0 Å². The van der Waals surface area contributed by atoms with Crippen LogP contribution in [-0.4, -0.2) is 17.5 Å². The highest BCUT2D eigenvalue weighted by Crippen LogP contribution is 2.17. The molecule has 0 bridgehead atoms. The summed E-state index contributed by atoms with van der Waals surface area (Å²) in [5.74, 6) is 0.754. The van der Waals surface area contributed by atoms with Gasteiger partial charge in [-0.2, -0.15) is 11.8 Å². The predicted molar refractivity (Wildman–Crippen MR) is 58.9 cm³/mol. The maximum Gasteiger partial charge on any atom is 0.159 e. The molecule has 1 aliphatic heterocycles. The molecule has 1 aromatic carbocycles. The molecule has 1 aliphatic rings. The molecule has 1 heterocycles. The molecule has 0 radical (unpaired) electrons. The summed E-state index contributed by atoms with van der Waals surface area (Å²) in [5, 5.41) is 3.33. The third kappa shape index (κ3) is 2.92. The second kappa shape index (κ2) is 4.94. The number of nitrogens with one attached hydrogen (secondary N) is 1. The van der Waals surface area contributed by atoms with Gasteiger partial charge in [-0.1, -0.05) is 6.07 Å². The standard InChI is InChI=1S/C11H13F2NS/c12-10-2-1-8(5-11(10)13)6-14-9-3-4-15-7-9/h1-2,5,9,14H,3-4,6-7H2. The molecule has 0 amide bonds. The third-order valence-corrected chi connectivity index (χ3v) is 3.67. The Morgan fingerprint density at radius 1 is 1.33 bits per heavy atom. The number of halogens is 2. The van der Waals surface area contributed by atoms with Gasteiger partial charge in [-0.15, -0.1) is 0 Å². The lowest BCUT2D eigenvalue weighted by molar-refractivity contribution is 0.503. The van der Waals surface area contributed by atoms with E-state index in [1.165, 1.54) is 17.9 Å². The van der Waals surface area contributed by atoms with E-state index in [1.54, 1.807) is 6.07 Å². The molecule has 1 aromatic rings. The lowest BCUT2D eigenvalue weighted by atomic mass is 10.2. The SMILES string of the molecule is Fc1ccc(CNC2CCSC2)cc1F. The van der Waals surface area contributed by atoms with E-state index in [-0.39, 0.29) is 0 Å². The Bertz CT molecular complexity index is 337. The zero-order valence-electron chi connectivity index (χ0n) is 8.30. The van der Waals surface area contributed by atoms with Crippen LogP contribution >= 0.6 is 11.8 Å². The van der Waals surface area contributed by atoms with E-state index in [0.717, 1.165) is 17.7 Å².